The summed E-state index contributed by atoms with van der Waals surface area (Å²) >= 11 is 0. The van der Waals surface area contributed by atoms with E-state index in [9.17, 15) is 0 Å². The molecule has 0 radical (unpaired) electrons. The van der Waals surface area contributed by atoms with E-state index in [0.717, 1.165) is 22.8 Å². The van der Waals surface area contributed by atoms with Crippen LogP contribution in [0.4, 0.5) is 11.4 Å². The predicted molar refractivity (Wildman–Crippen MR) is 146 cm³/mol. The third-order valence-electron chi connectivity index (χ3n) is 6.04. The number of hydrogen-bond donors (Lipinski definition) is 0. The van der Waals surface area contributed by atoms with E-state index in [0.29, 0.717) is 23.7 Å². The second-order valence-electron chi connectivity index (χ2n) is 10.1. The van der Waals surface area contributed by atoms with Gasteiger partial charge in [0.15, 0.2) is 0 Å². The minimum Gasteiger partial charge on any atom is -0.254 e. The number of aromatic nitrogens is 2. The van der Waals surface area contributed by atoms with Crippen LogP contribution in [0.1, 0.15) is 113 Å². The van der Waals surface area contributed by atoms with Gasteiger partial charge in [-0.1, -0.05) is 91.8 Å². The van der Waals surface area contributed by atoms with Gasteiger partial charge in [-0.25, -0.2) is 0 Å². The van der Waals surface area contributed by atoms with Crippen LogP contribution in [0.2, 0.25) is 0 Å². The molecule has 0 saturated carbocycles. The molecule has 0 bridgehead atoms. The Balaban J connectivity index is 1.87. The molecule has 3 aromatic rings. The van der Waals surface area contributed by atoms with E-state index in [1.807, 2.05) is 24.6 Å². The third-order valence-corrected chi connectivity index (χ3v) is 6.04. The van der Waals surface area contributed by atoms with Gasteiger partial charge in [0.2, 0.25) is 0 Å². The van der Waals surface area contributed by atoms with Crippen LogP contribution in [0.5, 0.6) is 0 Å². The lowest BCUT2D eigenvalue weighted by Crippen LogP contribution is -1.99. The van der Waals surface area contributed by atoms with Crippen LogP contribution in [0.15, 0.2) is 58.5 Å². The van der Waals surface area contributed by atoms with E-state index in [1.165, 1.54) is 22.3 Å². The van der Waals surface area contributed by atoms with E-state index in [1.54, 1.807) is 0 Å². The van der Waals surface area contributed by atoms with Crippen LogP contribution in [-0.2, 0) is 0 Å². The molecular weight excluding hydrogens is 416 g/mol. The van der Waals surface area contributed by atoms with Gasteiger partial charge in [0.05, 0.1) is 23.8 Å². The highest BCUT2D eigenvalue weighted by atomic mass is 15.1. The smallest absolute Gasteiger partial charge is 0.104 e. The predicted octanol–water partition coefficient (Wildman–Crippen LogP) is 8.47. The number of para-hydroxylation sites is 2. The third kappa shape index (κ3) is 6.05. The molecule has 0 amide bonds. The molecule has 4 heteroatoms. The van der Waals surface area contributed by atoms with Gasteiger partial charge >= 0.3 is 0 Å². The fraction of sp³-hybridized carbons (Fsp3) is 0.400. The summed E-state index contributed by atoms with van der Waals surface area (Å²) in [5.74, 6) is 1.61. The van der Waals surface area contributed by atoms with Crippen molar-refractivity contribution in [2.24, 2.45) is 9.98 Å². The molecule has 1 aromatic heterocycles. The highest BCUT2D eigenvalue weighted by Crippen LogP contribution is 2.35. The molecule has 4 nitrogen and oxygen atoms in total. The van der Waals surface area contributed by atoms with Gasteiger partial charge in [-0.15, -0.1) is 10.2 Å². The largest absolute Gasteiger partial charge is 0.254 e. The van der Waals surface area contributed by atoms with E-state index in [2.05, 4.69) is 102 Å². The van der Waals surface area contributed by atoms with E-state index < -0.39 is 0 Å². The molecular formula is C30H38N4. The number of nitrogens with zero attached hydrogens (tertiary/aromatic N) is 4. The summed E-state index contributed by atoms with van der Waals surface area (Å²) < 4.78 is 0. The first kappa shape index (κ1) is 25.5. The van der Waals surface area contributed by atoms with Crippen molar-refractivity contribution in [3.05, 3.63) is 82.2 Å². The second kappa shape index (κ2) is 11.3. The molecule has 0 aliphatic carbocycles. The van der Waals surface area contributed by atoms with Crippen molar-refractivity contribution in [1.29, 1.82) is 0 Å². The lowest BCUT2D eigenvalue weighted by Gasteiger charge is -2.16. The highest BCUT2D eigenvalue weighted by Gasteiger charge is 2.14. The van der Waals surface area contributed by atoms with Crippen LogP contribution in [0.3, 0.4) is 0 Å². The molecule has 2 aromatic carbocycles. The molecule has 0 N–H and O–H groups in total. The SMILES string of the molecule is CC(C)c1cccc(C(C)C)c1N=Cc1ccc(C=Nc2c(C(C)C)cccc2C(C)C)nn1. The Kier molecular flexibility index (Phi) is 8.49. The van der Waals surface area contributed by atoms with Crippen LogP contribution in [0, 0.1) is 0 Å². The van der Waals surface area contributed by atoms with Crippen molar-refractivity contribution >= 4 is 23.8 Å². The van der Waals surface area contributed by atoms with Crippen molar-refractivity contribution in [2.75, 3.05) is 0 Å². The van der Waals surface area contributed by atoms with Crippen molar-refractivity contribution in [2.45, 2.75) is 79.1 Å². The van der Waals surface area contributed by atoms with Crippen molar-refractivity contribution < 1.29 is 0 Å². The van der Waals surface area contributed by atoms with E-state index in [-0.39, 0.29) is 0 Å². The number of benzene rings is 2. The lowest BCUT2D eigenvalue weighted by atomic mass is 9.93. The summed E-state index contributed by atoms with van der Waals surface area (Å²) in [5, 5.41) is 8.76. The zero-order valence-electron chi connectivity index (χ0n) is 21.9. The van der Waals surface area contributed by atoms with Crippen LogP contribution < -0.4 is 0 Å². The van der Waals surface area contributed by atoms with Gasteiger partial charge < -0.3 is 0 Å². The van der Waals surface area contributed by atoms with Crippen molar-refractivity contribution in [1.82, 2.24) is 10.2 Å². The number of rotatable bonds is 8. The first-order valence-electron chi connectivity index (χ1n) is 12.4. The van der Waals surface area contributed by atoms with Gasteiger partial charge in [-0.05, 0) is 58.1 Å². The van der Waals surface area contributed by atoms with Gasteiger partial charge in [0, 0.05) is 0 Å². The average molecular weight is 455 g/mol. The molecule has 0 spiro atoms. The van der Waals surface area contributed by atoms with Crippen molar-refractivity contribution in [3.8, 4) is 0 Å². The molecule has 0 unspecified atom stereocenters. The van der Waals surface area contributed by atoms with E-state index >= 15 is 0 Å². The van der Waals surface area contributed by atoms with Gasteiger partial charge in [-0.3, -0.25) is 9.98 Å². The lowest BCUT2D eigenvalue weighted by molar-refractivity contribution is 0.834. The minimum absolute atomic E-state index is 0.403. The second-order valence-corrected chi connectivity index (χ2v) is 10.1. The zero-order chi connectivity index (χ0) is 24.8. The maximum Gasteiger partial charge on any atom is 0.104 e. The number of aliphatic imine (C=N–C) groups is 2. The Labute approximate surface area is 205 Å². The maximum absolute atomic E-state index is 4.84. The van der Waals surface area contributed by atoms with Gasteiger partial charge in [0.1, 0.15) is 11.4 Å². The Morgan fingerprint density at radius 3 is 1.03 bits per heavy atom. The Morgan fingerprint density at radius 2 is 0.794 bits per heavy atom. The first-order valence-corrected chi connectivity index (χ1v) is 12.4. The quantitative estimate of drug-likeness (QED) is 0.320. The van der Waals surface area contributed by atoms with Crippen molar-refractivity contribution in [3.63, 3.8) is 0 Å². The monoisotopic (exact) mass is 454 g/mol. The normalized spacial score (nSPS) is 12.4. The first-order chi connectivity index (χ1) is 16.2. The topological polar surface area (TPSA) is 50.5 Å². The van der Waals surface area contributed by atoms with Crippen LogP contribution in [0.25, 0.3) is 0 Å². The summed E-state index contributed by atoms with van der Waals surface area (Å²) in [5.41, 5.74) is 8.57. The molecule has 0 aliphatic rings. The summed E-state index contributed by atoms with van der Waals surface area (Å²) in [7, 11) is 0. The fourth-order valence-electron chi connectivity index (χ4n) is 4.07. The molecule has 0 saturated heterocycles. The van der Waals surface area contributed by atoms with Gasteiger partial charge in [0.25, 0.3) is 0 Å². The molecule has 0 atom stereocenters. The Morgan fingerprint density at radius 1 is 0.500 bits per heavy atom. The molecule has 1 heterocycles. The molecule has 34 heavy (non-hydrogen) atoms. The van der Waals surface area contributed by atoms with E-state index in [4.69, 9.17) is 9.98 Å². The van der Waals surface area contributed by atoms with Crippen LogP contribution >= 0.6 is 0 Å². The molecule has 178 valence electrons. The van der Waals surface area contributed by atoms with Gasteiger partial charge in [-0.2, -0.15) is 0 Å². The summed E-state index contributed by atoms with van der Waals surface area (Å²) in [6.07, 6.45) is 3.62. The summed E-state index contributed by atoms with van der Waals surface area (Å²) in [6.45, 7) is 17.6. The standard InChI is InChI=1S/C30H38N4/c1-19(2)25-11-9-12-26(20(3)4)29(25)31-17-23-15-16-24(34-33-23)18-32-30-27(21(5)6)13-10-14-28(30)22(7)8/h9-22H,1-8H3. The highest BCUT2D eigenvalue weighted by molar-refractivity contribution is 5.83. The Bertz CT molecular complexity index is 1010. The summed E-state index contributed by atoms with van der Waals surface area (Å²) in [4.78, 5) is 9.69. The zero-order valence-corrected chi connectivity index (χ0v) is 21.9. The fourth-order valence-corrected chi connectivity index (χ4v) is 4.07. The Hall–Kier alpha value is -3.14. The molecule has 3 rings (SSSR count). The average Bonchev–Trinajstić information content (AvgIpc) is 2.81. The number of hydrogen-bond acceptors (Lipinski definition) is 4. The van der Waals surface area contributed by atoms with Crippen LogP contribution in [-0.4, -0.2) is 22.6 Å². The summed E-state index contributed by atoms with van der Waals surface area (Å²) in [6, 6.07) is 16.8. The minimum atomic E-state index is 0.403. The maximum atomic E-state index is 4.84. The molecule has 0 aliphatic heterocycles. The molecule has 0 fully saturated rings.